The maximum Gasteiger partial charge on any atom is 0.408 e. The maximum absolute atomic E-state index is 13.6. The molecule has 1 heterocycles. The highest BCUT2D eigenvalue weighted by Crippen LogP contribution is 2.35. The average molecular weight is 282 g/mol. The van der Waals surface area contributed by atoms with Crippen LogP contribution in [0, 0.1) is 12.7 Å². The lowest BCUT2D eigenvalue weighted by atomic mass is 9.96. The number of alkyl halides is 2. The highest BCUT2D eigenvalue weighted by Gasteiger charge is 2.47. The Morgan fingerprint density at radius 2 is 2.11 bits per heavy atom. The molecule has 100 valence electrons. The fraction of sp³-hybridized carbons (Fsp3) is 0.364. The van der Waals surface area contributed by atoms with Crippen molar-refractivity contribution in [3.8, 4) is 0 Å². The van der Waals surface area contributed by atoms with E-state index in [1.54, 1.807) is 6.92 Å². The van der Waals surface area contributed by atoms with Gasteiger partial charge in [-0.05, 0) is 30.2 Å². The number of benzene rings is 1. The lowest BCUT2D eigenvalue weighted by Gasteiger charge is -2.32. The molecule has 0 unspecified atom stereocenters. The quantitative estimate of drug-likeness (QED) is 0.859. The lowest BCUT2D eigenvalue weighted by molar-refractivity contribution is -0.104. The number of alkyl carbamates (subject to hydrolysis) is 1. The van der Waals surface area contributed by atoms with Crippen LogP contribution in [0.5, 0.6) is 0 Å². The predicted molar refractivity (Wildman–Crippen MR) is 60.6 cm³/mol. The van der Waals surface area contributed by atoms with Crippen molar-refractivity contribution < 1.29 is 22.7 Å². The summed E-state index contributed by atoms with van der Waals surface area (Å²) in [5, 5.41) is 2.01. The van der Waals surface area contributed by atoms with Crippen LogP contribution < -0.4 is 5.32 Å². The van der Waals surface area contributed by atoms with E-state index in [2.05, 4.69) is 4.74 Å². The SMILES string of the molecule is Cc1ccc(F)cc1[C@H]1NC(=O)OCC1(F)F.Cl. The van der Waals surface area contributed by atoms with Crippen molar-refractivity contribution in [2.45, 2.75) is 18.9 Å². The molecule has 1 saturated heterocycles. The zero-order chi connectivity index (χ0) is 12.6. The number of amides is 1. The molecule has 1 atom stereocenters. The topological polar surface area (TPSA) is 38.3 Å². The minimum atomic E-state index is -3.26. The third kappa shape index (κ3) is 2.69. The van der Waals surface area contributed by atoms with Crippen LogP contribution in [0.2, 0.25) is 0 Å². The van der Waals surface area contributed by atoms with Crippen LogP contribution >= 0.6 is 12.4 Å². The molecule has 0 radical (unpaired) electrons. The van der Waals surface area contributed by atoms with Gasteiger partial charge < -0.3 is 10.1 Å². The van der Waals surface area contributed by atoms with Gasteiger partial charge in [0.1, 0.15) is 11.9 Å². The predicted octanol–water partition coefficient (Wildman–Crippen LogP) is 2.97. The monoisotopic (exact) mass is 281 g/mol. The standard InChI is InChI=1S/C11H10F3NO2.ClH/c1-6-2-3-7(12)4-8(6)9-11(13,14)5-17-10(16)15-9;/h2-4,9H,5H2,1H3,(H,15,16);1H/t9-;/m1./s1. The van der Waals surface area contributed by atoms with Crippen LogP contribution in [0.3, 0.4) is 0 Å². The number of rotatable bonds is 1. The second-order valence-electron chi connectivity index (χ2n) is 3.92. The summed E-state index contributed by atoms with van der Waals surface area (Å²) < 4.78 is 44.4. The average Bonchev–Trinajstić information content (AvgIpc) is 2.26. The smallest absolute Gasteiger partial charge is 0.408 e. The van der Waals surface area contributed by atoms with Crippen molar-refractivity contribution in [2.24, 2.45) is 0 Å². The molecule has 1 aromatic rings. The van der Waals surface area contributed by atoms with Gasteiger partial charge in [-0.1, -0.05) is 6.07 Å². The zero-order valence-corrected chi connectivity index (χ0v) is 10.2. The molecule has 0 saturated carbocycles. The Labute approximate surface area is 108 Å². The molecule has 1 fully saturated rings. The van der Waals surface area contributed by atoms with Crippen molar-refractivity contribution >= 4 is 18.5 Å². The van der Waals surface area contributed by atoms with Crippen molar-refractivity contribution in [3.63, 3.8) is 0 Å². The summed E-state index contributed by atoms with van der Waals surface area (Å²) >= 11 is 0. The number of carbonyl (C=O) groups excluding carboxylic acids is 1. The van der Waals surface area contributed by atoms with Gasteiger partial charge in [-0.15, -0.1) is 12.4 Å². The van der Waals surface area contributed by atoms with Gasteiger partial charge >= 0.3 is 12.0 Å². The summed E-state index contributed by atoms with van der Waals surface area (Å²) in [6, 6.07) is 2.01. The van der Waals surface area contributed by atoms with Crippen molar-refractivity contribution in [1.82, 2.24) is 5.32 Å². The molecule has 1 aliphatic rings. The van der Waals surface area contributed by atoms with E-state index in [1.807, 2.05) is 5.32 Å². The number of cyclic esters (lactones) is 1. The molecule has 1 N–H and O–H groups in total. The highest BCUT2D eigenvalue weighted by molar-refractivity contribution is 5.85. The van der Waals surface area contributed by atoms with E-state index in [9.17, 15) is 18.0 Å². The van der Waals surface area contributed by atoms with Gasteiger partial charge in [0.05, 0.1) is 0 Å². The van der Waals surface area contributed by atoms with Gasteiger partial charge in [0.2, 0.25) is 0 Å². The van der Waals surface area contributed by atoms with E-state index in [4.69, 9.17) is 0 Å². The molecule has 3 nitrogen and oxygen atoms in total. The summed E-state index contributed by atoms with van der Waals surface area (Å²) in [5.41, 5.74) is 0.546. The number of aryl methyl sites for hydroxylation is 1. The second kappa shape index (κ2) is 5.06. The number of carbonyl (C=O) groups is 1. The van der Waals surface area contributed by atoms with Crippen LogP contribution in [0.4, 0.5) is 18.0 Å². The first-order valence-corrected chi connectivity index (χ1v) is 4.97. The van der Waals surface area contributed by atoms with Crippen LogP contribution in [-0.4, -0.2) is 18.6 Å². The molecule has 1 aliphatic heterocycles. The lowest BCUT2D eigenvalue weighted by Crippen LogP contribution is -2.49. The van der Waals surface area contributed by atoms with Crippen LogP contribution in [0.25, 0.3) is 0 Å². The Morgan fingerprint density at radius 3 is 2.78 bits per heavy atom. The molecule has 1 amide bonds. The van der Waals surface area contributed by atoms with Crippen molar-refractivity contribution in [3.05, 3.63) is 35.1 Å². The summed E-state index contributed by atoms with van der Waals surface area (Å²) in [6.07, 6.45) is -0.926. The van der Waals surface area contributed by atoms with Gasteiger partial charge in [0.25, 0.3) is 0 Å². The Morgan fingerprint density at radius 1 is 1.44 bits per heavy atom. The molecular weight excluding hydrogens is 271 g/mol. The second-order valence-corrected chi connectivity index (χ2v) is 3.92. The molecule has 0 aliphatic carbocycles. The molecule has 0 aromatic heterocycles. The minimum Gasteiger partial charge on any atom is -0.443 e. The fourth-order valence-corrected chi connectivity index (χ4v) is 1.74. The minimum absolute atomic E-state index is 0. The first-order valence-electron chi connectivity index (χ1n) is 4.97. The fourth-order valence-electron chi connectivity index (χ4n) is 1.74. The molecule has 7 heteroatoms. The van der Waals surface area contributed by atoms with Gasteiger partial charge in [0, 0.05) is 0 Å². The molecule has 18 heavy (non-hydrogen) atoms. The highest BCUT2D eigenvalue weighted by atomic mass is 35.5. The van der Waals surface area contributed by atoms with Crippen molar-refractivity contribution in [2.75, 3.05) is 6.61 Å². The Hall–Kier alpha value is -1.43. The molecular formula is C11H11ClF3NO2. The normalized spacial score (nSPS) is 21.6. The Kier molecular flexibility index (Phi) is 4.11. The number of halogens is 4. The van der Waals surface area contributed by atoms with Gasteiger partial charge in [-0.2, -0.15) is 0 Å². The van der Waals surface area contributed by atoms with E-state index < -0.39 is 30.5 Å². The number of hydrogen-bond acceptors (Lipinski definition) is 2. The molecule has 2 rings (SSSR count). The van der Waals surface area contributed by atoms with Gasteiger partial charge in [-0.25, -0.2) is 18.0 Å². The van der Waals surface area contributed by atoms with E-state index in [0.29, 0.717) is 5.56 Å². The van der Waals surface area contributed by atoms with Crippen LogP contribution in [0.1, 0.15) is 17.2 Å². The maximum atomic E-state index is 13.6. The number of ether oxygens (including phenoxy) is 1. The summed E-state index contributed by atoms with van der Waals surface area (Å²) in [4.78, 5) is 11.0. The van der Waals surface area contributed by atoms with E-state index >= 15 is 0 Å². The van der Waals surface area contributed by atoms with Crippen LogP contribution in [0.15, 0.2) is 18.2 Å². The first-order chi connectivity index (χ1) is 7.90. The zero-order valence-electron chi connectivity index (χ0n) is 9.38. The van der Waals surface area contributed by atoms with Gasteiger partial charge in [-0.3, -0.25) is 0 Å². The van der Waals surface area contributed by atoms with Gasteiger partial charge in [0.15, 0.2) is 6.61 Å². The summed E-state index contributed by atoms with van der Waals surface area (Å²) in [5.74, 6) is -3.88. The van der Waals surface area contributed by atoms with E-state index in [-0.39, 0.29) is 18.0 Å². The number of hydrogen-bond donors (Lipinski definition) is 1. The Bertz CT molecular complexity index is 468. The third-order valence-electron chi connectivity index (χ3n) is 2.63. The Balaban J connectivity index is 0.00000162. The van der Waals surface area contributed by atoms with Crippen molar-refractivity contribution in [1.29, 1.82) is 0 Å². The van der Waals surface area contributed by atoms with E-state index in [1.165, 1.54) is 12.1 Å². The molecule has 1 aromatic carbocycles. The largest absolute Gasteiger partial charge is 0.443 e. The number of nitrogens with one attached hydrogen (secondary N) is 1. The molecule has 0 spiro atoms. The van der Waals surface area contributed by atoms with E-state index in [0.717, 1.165) is 6.07 Å². The third-order valence-corrected chi connectivity index (χ3v) is 2.63. The van der Waals surface area contributed by atoms with Crippen LogP contribution in [-0.2, 0) is 4.74 Å². The first kappa shape index (κ1) is 14.6. The summed E-state index contributed by atoms with van der Waals surface area (Å²) in [7, 11) is 0. The molecule has 0 bridgehead atoms. The summed E-state index contributed by atoms with van der Waals surface area (Å²) in [6.45, 7) is 0.575.